The number of rotatable bonds is 4. The smallest absolute Gasteiger partial charge is 0.410 e. The van der Waals surface area contributed by atoms with Gasteiger partial charge in [0.05, 0.1) is 0 Å². The van der Waals surface area contributed by atoms with Crippen molar-refractivity contribution < 1.29 is 9.53 Å². The van der Waals surface area contributed by atoms with E-state index in [0.717, 1.165) is 12.0 Å². The summed E-state index contributed by atoms with van der Waals surface area (Å²) in [6.45, 7) is 7.56. The van der Waals surface area contributed by atoms with Gasteiger partial charge >= 0.3 is 6.09 Å². The number of hydrogen-bond donors (Lipinski definition) is 0. The third-order valence-electron chi connectivity index (χ3n) is 2.71. The number of carbonyl (C=O) groups is 1. The molecule has 0 unspecified atom stereocenters. The molecule has 110 valence electrons. The van der Waals surface area contributed by atoms with E-state index < -0.39 is 5.60 Å². The highest BCUT2D eigenvalue weighted by atomic mass is 16.6. The number of hydrogen-bond acceptors (Lipinski definition) is 4. The van der Waals surface area contributed by atoms with Gasteiger partial charge in [-0.2, -0.15) is 0 Å². The Hall–Kier alpha value is -1.91. The molecule has 5 heteroatoms. The van der Waals surface area contributed by atoms with Crippen molar-refractivity contribution in [2.24, 2.45) is 0 Å². The lowest BCUT2D eigenvalue weighted by Gasteiger charge is -2.28. The van der Waals surface area contributed by atoms with Crippen molar-refractivity contribution in [3.63, 3.8) is 0 Å². The first-order valence-electron chi connectivity index (χ1n) is 6.67. The molecule has 0 aliphatic carbocycles. The summed E-state index contributed by atoms with van der Waals surface area (Å²) in [5.41, 5.74) is 0.474. The Labute approximate surface area is 120 Å². The number of carbonyl (C=O) groups excluding carboxylic acids is 1. The maximum Gasteiger partial charge on any atom is 0.410 e. The molecule has 1 aromatic rings. The molecule has 1 aromatic heterocycles. The third kappa shape index (κ3) is 5.82. The topological polar surface area (TPSA) is 55.3 Å². The molecular weight excluding hydrogens is 254 g/mol. The van der Waals surface area contributed by atoms with E-state index in [9.17, 15) is 4.79 Å². The Bertz CT molecular complexity index is 452. The Morgan fingerprint density at radius 3 is 2.55 bits per heavy atom. The predicted octanol–water partition coefficient (Wildman–Crippen LogP) is 3.14. The molecule has 20 heavy (non-hydrogen) atoms. The van der Waals surface area contributed by atoms with Gasteiger partial charge in [-0.15, -0.1) is 0 Å². The number of amides is 1. The summed E-state index contributed by atoms with van der Waals surface area (Å²) in [6.07, 6.45) is 9.36. The van der Waals surface area contributed by atoms with Gasteiger partial charge in [-0.25, -0.2) is 14.8 Å². The minimum atomic E-state index is -0.470. The molecule has 0 fully saturated rings. The summed E-state index contributed by atoms with van der Waals surface area (Å²) in [5, 5.41) is 0. The van der Waals surface area contributed by atoms with Crippen molar-refractivity contribution in [1.82, 2.24) is 14.9 Å². The van der Waals surface area contributed by atoms with Gasteiger partial charge in [0.15, 0.2) is 0 Å². The Kier molecular flexibility index (Phi) is 5.67. The molecule has 5 nitrogen and oxygen atoms in total. The first-order valence-corrected chi connectivity index (χ1v) is 6.67. The Morgan fingerprint density at radius 1 is 1.40 bits per heavy atom. The van der Waals surface area contributed by atoms with Crippen LogP contribution in [0.3, 0.4) is 0 Å². The fraction of sp³-hybridized carbons (Fsp3) is 0.533. The minimum absolute atomic E-state index is 0.0609. The van der Waals surface area contributed by atoms with Crippen LogP contribution < -0.4 is 0 Å². The van der Waals surface area contributed by atoms with E-state index >= 15 is 0 Å². The number of ether oxygens (including phenoxy) is 1. The van der Waals surface area contributed by atoms with Crippen molar-refractivity contribution in [1.29, 1.82) is 0 Å². The van der Waals surface area contributed by atoms with Crippen LogP contribution in [0.4, 0.5) is 4.79 Å². The molecule has 0 aliphatic heterocycles. The maximum absolute atomic E-state index is 11.9. The van der Waals surface area contributed by atoms with Gasteiger partial charge in [-0.05, 0) is 34.1 Å². The SMILES string of the molecule is C[C@H](CC=Cc1cncnc1)N(C)C(=O)OC(C)(C)C. The number of aromatic nitrogens is 2. The van der Waals surface area contributed by atoms with Gasteiger partial charge in [-0.3, -0.25) is 0 Å². The van der Waals surface area contributed by atoms with Gasteiger partial charge < -0.3 is 9.64 Å². The van der Waals surface area contributed by atoms with E-state index in [1.165, 1.54) is 6.33 Å². The Balaban J connectivity index is 2.48. The van der Waals surface area contributed by atoms with Gasteiger partial charge in [-0.1, -0.05) is 12.2 Å². The molecule has 1 atom stereocenters. The summed E-state index contributed by atoms with van der Waals surface area (Å²) >= 11 is 0. The van der Waals surface area contributed by atoms with E-state index in [1.807, 2.05) is 39.8 Å². The zero-order valence-corrected chi connectivity index (χ0v) is 12.8. The second-order valence-electron chi connectivity index (χ2n) is 5.75. The fourth-order valence-electron chi connectivity index (χ4n) is 1.47. The molecule has 1 heterocycles. The molecule has 1 amide bonds. The first-order chi connectivity index (χ1) is 9.29. The van der Waals surface area contributed by atoms with Crippen molar-refractivity contribution in [3.8, 4) is 0 Å². The van der Waals surface area contributed by atoms with E-state index in [4.69, 9.17) is 4.74 Å². The molecular formula is C15H23N3O2. The standard InChI is InChI=1S/C15H23N3O2/c1-12(18(5)14(19)20-15(2,3)4)7-6-8-13-9-16-11-17-10-13/h6,8-12H,7H2,1-5H3/t12-/m1/s1. The van der Waals surface area contributed by atoms with Gasteiger partial charge in [0.1, 0.15) is 11.9 Å². The quantitative estimate of drug-likeness (QED) is 0.848. The largest absolute Gasteiger partial charge is 0.444 e. The van der Waals surface area contributed by atoms with Crippen LogP contribution in [0.25, 0.3) is 6.08 Å². The van der Waals surface area contributed by atoms with Crippen LogP contribution in [0.5, 0.6) is 0 Å². The molecule has 0 saturated carbocycles. The van der Waals surface area contributed by atoms with Crippen LogP contribution in [0, 0.1) is 0 Å². The molecule has 0 spiro atoms. The average Bonchev–Trinajstić information content (AvgIpc) is 2.37. The van der Waals surface area contributed by atoms with Crippen LogP contribution in [-0.2, 0) is 4.74 Å². The summed E-state index contributed by atoms with van der Waals surface area (Å²) in [7, 11) is 1.75. The van der Waals surface area contributed by atoms with Gasteiger partial charge in [0, 0.05) is 31.0 Å². The van der Waals surface area contributed by atoms with Crippen molar-refractivity contribution in [3.05, 3.63) is 30.4 Å². The lowest BCUT2D eigenvalue weighted by molar-refractivity contribution is 0.0238. The molecule has 0 bridgehead atoms. The molecule has 0 saturated heterocycles. The predicted molar refractivity (Wildman–Crippen MR) is 79.1 cm³/mol. The lowest BCUT2D eigenvalue weighted by Crippen LogP contribution is -2.39. The fourth-order valence-corrected chi connectivity index (χ4v) is 1.47. The molecule has 0 aliphatic rings. The van der Waals surface area contributed by atoms with Crippen molar-refractivity contribution in [2.75, 3.05) is 7.05 Å². The van der Waals surface area contributed by atoms with Crippen molar-refractivity contribution in [2.45, 2.75) is 45.8 Å². The highest BCUT2D eigenvalue weighted by Crippen LogP contribution is 2.12. The maximum atomic E-state index is 11.9. The zero-order valence-electron chi connectivity index (χ0n) is 12.8. The average molecular weight is 277 g/mol. The van der Waals surface area contributed by atoms with Crippen LogP contribution in [0.1, 0.15) is 39.7 Å². The third-order valence-corrected chi connectivity index (χ3v) is 2.71. The van der Waals surface area contributed by atoms with Gasteiger partial charge in [0.25, 0.3) is 0 Å². The monoisotopic (exact) mass is 277 g/mol. The second kappa shape index (κ2) is 7.03. The van der Waals surface area contributed by atoms with Crippen LogP contribution in [0.2, 0.25) is 0 Å². The van der Waals surface area contributed by atoms with Crippen molar-refractivity contribution >= 4 is 12.2 Å². The van der Waals surface area contributed by atoms with E-state index in [1.54, 1.807) is 24.3 Å². The number of nitrogens with zero attached hydrogens (tertiary/aromatic N) is 3. The molecule has 0 aromatic carbocycles. The second-order valence-corrected chi connectivity index (χ2v) is 5.75. The minimum Gasteiger partial charge on any atom is -0.444 e. The normalized spacial score (nSPS) is 13.2. The lowest BCUT2D eigenvalue weighted by atomic mass is 10.2. The highest BCUT2D eigenvalue weighted by molar-refractivity contribution is 5.68. The molecule has 1 rings (SSSR count). The summed E-state index contributed by atoms with van der Waals surface area (Å²) in [4.78, 5) is 21.4. The first kappa shape index (κ1) is 16.1. The zero-order chi connectivity index (χ0) is 15.2. The van der Waals surface area contributed by atoms with E-state index in [2.05, 4.69) is 9.97 Å². The van der Waals surface area contributed by atoms with E-state index in [0.29, 0.717) is 0 Å². The van der Waals surface area contributed by atoms with Gasteiger partial charge in [0.2, 0.25) is 0 Å². The van der Waals surface area contributed by atoms with Crippen LogP contribution >= 0.6 is 0 Å². The summed E-state index contributed by atoms with van der Waals surface area (Å²) in [6, 6.07) is 0.0609. The summed E-state index contributed by atoms with van der Waals surface area (Å²) in [5.74, 6) is 0. The molecule has 0 radical (unpaired) electrons. The molecule has 0 N–H and O–H groups in total. The van der Waals surface area contributed by atoms with Crippen LogP contribution in [-0.4, -0.2) is 39.7 Å². The van der Waals surface area contributed by atoms with E-state index in [-0.39, 0.29) is 12.1 Å². The Morgan fingerprint density at radius 2 is 2.00 bits per heavy atom. The highest BCUT2D eigenvalue weighted by Gasteiger charge is 2.22. The summed E-state index contributed by atoms with van der Waals surface area (Å²) < 4.78 is 5.33. The van der Waals surface area contributed by atoms with Crippen LogP contribution in [0.15, 0.2) is 24.8 Å².